The molecule has 0 N–H and O–H groups in total. The highest BCUT2D eigenvalue weighted by Gasteiger charge is 2.38. The summed E-state index contributed by atoms with van der Waals surface area (Å²) in [5.41, 5.74) is 22.0. The first-order valence-electron chi connectivity index (χ1n) is 23.6. The first-order valence-corrected chi connectivity index (χ1v) is 23.6. The van der Waals surface area contributed by atoms with Crippen LogP contribution in [0.4, 0.5) is 17.1 Å². The molecule has 0 heterocycles. The van der Waals surface area contributed by atoms with Gasteiger partial charge in [0, 0.05) is 33.0 Å². The summed E-state index contributed by atoms with van der Waals surface area (Å²) in [4.78, 5) is 2.44. The molecule has 0 fully saturated rings. The quantitative estimate of drug-likeness (QED) is 0.119. The van der Waals surface area contributed by atoms with Crippen molar-refractivity contribution in [2.75, 3.05) is 4.90 Å². The minimum absolute atomic E-state index is 0.0356. The molecule has 0 saturated carbocycles. The van der Waals surface area contributed by atoms with E-state index in [0.29, 0.717) is 0 Å². The Bertz CT molecular complexity index is 3730. The van der Waals surface area contributed by atoms with E-state index in [9.17, 15) is 0 Å². The summed E-state index contributed by atoms with van der Waals surface area (Å²) < 4.78 is 0. The summed E-state index contributed by atoms with van der Waals surface area (Å²) in [5, 5.41) is 7.87. The monoisotopic (exact) mass is 845 g/mol. The lowest BCUT2D eigenvalue weighted by Gasteiger charge is -2.29. The van der Waals surface area contributed by atoms with Crippen molar-refractivity contribution < 1.29 is 0 Å². The fourth-order valence-electron chi connectivity index (χ4n) is 12.3. The first kappa shape index (κ1) is 38.9. The predicted octanol–water partition coefficient (Wildman–Crippen LogP) is 17.7. The van der Waals surface area contributed by atoms with Crippen molar-refractivity contribution in [2.45, 2.75) is 57.8 Å². The van der Waals surface area contributed by atoms with E-state index in [1.165, 1.54) is 110 Å². The molecule has 0 saturated heterocycles. The number of hydrogen-bond acceptors (Lipinski definition) is 1. The molecule has 0 atom stereocenters. The second kappa shape index (κ2) is 13.8. The van der Waals surface area contributed by atoms with Crippen molar-refractivity contribution >= 4 is 61.5 Å². The van der Waals surface area contributed by atoms with E-state index in [1.807, 2.05) is 0 Å². The van der Waals surface area contributed by atoms with Crippen LogP contribution in [0.3, 0.4) is 0 Å². The molecule has 3 aliphatic rings. The number of fused-ring (bicyclic) bond motifs is 7. The first-order chi connectivity index (χ1) is 32.0. The molecule has 0 aromatic heterocycles. The molecule has 10 aromatic rings. The third-order valence-electron chi connectivity index (χ3n) is 15.8. The van der Waals surface area contributed by atoms with Crippen LogP contribution in [0.15, 0.2) is 188 Å². The van der Waals surface area contributed by atoms with E-state index in [1.54, 1.807) is 0 Å². The van der Waals surface area contributed by atoms with Crippen LogP contribution >= 0.6 is 0 Å². The summed E-state index contributed by atoms with van der Waals surface area (Å²) in [7, 11) is 0. The molecule has 3 aliphatic carbocycles. The van der Waals surface area contributed by atoms with Crippen molar-refractivity contribution in [3.63, 3.8) is 0 Å². The molecule has 316 valence electrons. The minimum Gasteiger partial charge on any atom is -0.310 e. The van der Waals surface area contributed by atoms with Gasteiger partial charge in [-0.15, -0.1) is 0 Å². The Labute approximate surface area is 388 Å². The zero-order valence-electron chi connectivity index (χ0n) is 38.5. The van der Waals surface area contributed by atoms with E-state index >= 15 is 0 Å². The molecular formula is C65H51N. The van der Waals surface area contributed by atoms with Crippen LogP contribution in [-0.4, -0.2) is 0 Å². The van der Waals surface area contributed by atoms with Crippen LogP contribution in [0.2, 0.25) is 0 Å². The summed E-state index contributed by atoms with van der Waals surface area (Å²) in [6.45, 7) is 14.3. The van der Waals surface area contributed by atoms with Gasteiger partial charge in [-0.2, -0.15) is 0 Å². The maximum atomic E-state index is 2.49. The summed E-state index contributed by atoms with van der Waals surface area (Å²) in [6.07, 6.45) is 4.65. The molecule has 0 unspecified atom stereocenters. The smallest absolute Gasteiger partial charge is 0.0540 e. The lowest BCUT2D eigenvalue weighted by Crippen LogP contribution is -2.16. The van der Waals surface area contributed by atoms with E-state index in [2.05, 4.69) is 247 Å². The number of benzene rings is 10. The van der Waals surface area contributed by atoms with Gasteiger partial charge in [0.15, 0.2) is 0 Å². The molecule has 0 aliphatic heterocycles. The van der Waals surface area contributed by atoms with Crippen molar-refractivity contribution in [3.8, 4) is 33.4 Å². The van der Waals surface area contributed by atoms with Gasteiger partial charge in [-0.05, 0) is 159 Å². The van der Waals surface area contributed by atoms with Crippen molar-refractivity contribution in [2.24, 2.45) is 0 Å². The Morgan fingerprint density at radius 3 is 1.61 bits per heavy atom. The average molecular weight is 846 g/mol. The lowest BCUT2D eigenvalue weighted by atomic mass is 9.79. The van der Waals surface area contributed by atoms with Gasteiger partial charge in [0.25, 0.3) is 0 Å². The fourth-order valence-corrected chi connectivity index (χ4v) is 12.3. The van der Waals surface area contributed by atoms with Crippen LogP contribution in [0, 0.1) is 0 Å². The van der Waals surface area contributed by atoms with Gasteiger partial charge in [-0.25, -0.2) is 0 Å². The molecule has 0 spiro atoms. The third kappa shape index (κ3) is 5.47. The van der Waals surface area contributed by atoms with Crippen molar-refractivity contribution in [3.05, 3.63) is 233 Å². The van der Waals surface area contributed by atoms with E-state index in [-0.39, 0.29) is 16.2 Å². The van der Waals surface area contributed by atoms with Gasteiger partial charge in [0.1, 0.15) is 0 Å². The second-order valence-corrected chi connectivity index (χ2v) is 20.5. The minimum atomic E-state index is -0.156. The Balaban J connectivity index is 0.869. The van der Waals surface area contributed by atoms with Gasteiger partial charge < -0.3 is 4.90 Å². The summed E-state index contributed by atoms with van der Waals surface area (Å²) in [6, 6.07) is 70.8. The van der Waals surface area contributed by atoms with Gasteiger partial charge in [0.2, 0.25) is 0 Å². The molecule has 66 heavy (non-hydrogen) atoms. The van der Waals surface area contributed by atoms with Gasteiger partial charge >= 0.3 is 0 Å². The Hall–Kier alpha value is -7.48. The summed E-state index contributed by atoms with van der Waals surface area (Å²) in [5.74, 6) is 0. The molecule has 0 bridgehead atoms. The third-order valence-corrected chi connectivity index (χ3v) is 15.8. The summed E-state index contributed by atoms with van der Waals surface area (Å²) >= 11 is 0. The van der Waals surface area contributed by atoms with Crippen LogP contribution < -0.4 is 4.90 Å². The average Bonchev–Trinajstić information content (AvgIpc) is 3.82. The molecule has 13 rings (SSSR count). The SMILES string of the molecule is CC1(C)c2ccccc2-c2ccc(-c3cc4c5c(ccc6cc(C=Cc7ccc(N(c8ccccc8)c8ccc9c(c8)C(C)(C)c8ccccc8-9)c8ccccc78)cc(c65)C4(C)C)c3)cc21. The highest BCUT2D eigenvalue weighted by Crippen LogP contribution is 2.54. The maximum Gasteiger partial charge on any atom is 0.0540 e. The molecule has 0 amide bonds. The van der Waals surface area contributed by atoms with Crippen LogP contribution in [0.5, 0.6) is 0 Å². The van der Waals surface area contributed by atoms with Crippen LogP contribution in [0.25, 0.3) is 77.9 Å². The van der Waals surface area contributed by atoms with Crippen molar-refractivity contribution in [1.29, 1.82) is 0 Å². The zero-order valence-corrected chi connectivity index (χ0v) is 38.5. The number of nitrogens with zero attached hydrogens (tertiary/aromatic N) is 1. The fraction of sp³-hybridized carbons (Fsp3) is 0.138. The molecule has 0 radical (unpaired) electrons. The largest absolute Gasteiger partial charge is 0.310 e. The molecular weight excluding hydrogens is 795 g/mol. The molecule has 10 aromatic carbocycles. The number of anilines is 3. The van der Waals surface area contributed by atoms with E-state index in [0.717, 1.165) is 17.1 Å². The highest BCUT2D eigenvalue weighted by molar-refractivity contribution is 6.16. The van der Waals surface area contributed by atoms with E-state index < -0.39 is 0 Å². The number of rotatable bonds is 6. The number of hydrogen-bond donors (Lipinski definition) is 0. The molecule has 1 heteroatoms. The second-order valence-electron chi connectivity index (χ2n) is 20.5. The topological polar surface area (TPSA) is 3.24 Å². The Kier molecular flexibility index (Phi) is 8.12. The van der Waals surface area contributed by atoms with Gasteiger partial charge in [-0.1, -0.05) is 187 Å². The van der Waals surface area contributed by atoms with Gasteiger partial charge in [0.05, 0.1) is 5.69 Å². The standard InChI is InChI=1S/C65H51N/c1-63(2)54-22-14-12-19-49(54)51-31-28-42(37-56(51)63)45-36-44-27-26-43-34-40(35-58-61(43)62(44)59(38-45)65(58,5)6)24-25-41-29-33-60(53-21-11-10-18-48(41)53)66(46-16-8-7-9-17-46)47-30-32-52-50-20-13-15-23-55(50)64(3,4)57(52)39-47/h7-39H,1-6H3. The van der Waals surface area contributed by atoms with Crippen LogP contribution in [-0.2, 0) is 16.2 Å². The van der Waals surface area contributed by atoms with E-state index in [4.69, 9.17) is 0 Å². The predicted molar refractivity (Wildman–Crippen MR) is 282 cm³/mol. The van der Waals surface area contributed by atoms with Gasteiger partial charge in [-0.3, -0.25) is 0 Å². The highest BCUT2D eigenvalue weighted by atomic mass is 15.1. The van der Waals surface area contributed by atoms with Crippen molar-refractivity contribution in [1.82, 2.24) is 0 Å². The Morgan fingerprint density at radius 2 is 0.894 bits per heavy atom. The normalized spacial score (nSPS) is 15.4. The zero-order chi connectivity index (χ0) is 44.7. The number of para-hydroxylation sites is 1. The molecule has 1 nitrogen and oxygen atoms in total. The van der Waals surface area contributed by atoms with Crippen LogP contribution in [0.1, 0.15) is 86.1 Å². The maximum absolute atomic E-state index is 2.49. The lowest BCUT2D eigenvalue weighted by molar-refractivity contribution is 0.660. The Morgan fingerprint density at radius 1 is 0.348 bits per heavy atom.